The number of esters is 2. The van der Waals surface area contributed by atoms with Gasteiger partial charge in [0, 0.05) is 18.4 Å². The van der Waals surface area contributed by atoms with Gasteiger partial charge in [0.25, 0.3) is 0 Å². The minimum Gasteiger partial charge on any atom is -0.469 e. The zero-order valence-corrected chi connectivity index (χ0v) is 16.6. The van der Waals surface area contributed by atoms with Crippen LogP contribution in [-0.2, 0) is 30.4 Å². The molecule has 152 valence electrons. The molecule has 1 aromatic carbocycles. The first-order chi connectivity index (χ1) is 13.4. The maximum Gasteiger partial charge on any atom is 0.410 e. The van der Waals surface area contributed by atoms with Crippen LogP contribution >= 0.6 is 0 Å². The summed E-state index contributed by atoms with van der Waals surface area (Å²) in [5.74, 6) is -1.73. The molecule has 1 fully saturated rings. The van der Waals surface area contributed by atoms with Gasteiger partial charge in [-0.25, -0.2) is 9.59 Å². The van der Waals surface area contributed by atoms with E-state index in [0.29, 0.717) is 0 Å². The number of benzene rings is 1. The maximum absolute atomic E-state index is 12.8. The summed E-state index contributed by atoms with van der Waals surface area (Å²) < 4.78 is 15.4. The molecule has 1 heterocycles. The molecule has 7 nitrogen and oxygen atoms in total. The third kappa shape index (κ3) is 5.12. The van der Waals surface area contributed by atoms with Crippen molar-refractivity contribution < 1.29 is 28.6 Å². The number of carbonyl (C=O) groups is 3. The minimum atomic E-state index is -0.927. The lowest BCUT2D eigenvalue weighted by Gasteiger charge is -2.26. The molecular formula is C21H27NO6. The molecule has 0 aromatic heterocycles. The first-order valence-electron chi connectivity index (χ1n) is 9.25. The van der Waals surface area contributed by atoms with Crippen molar-refractivity contribution in [1.82, 2.24) is 4.90 Å². The molecule has 28 heavy (non-hydrogen) atoms. The van der Waals surface area contributed by atoms with E-state index in [1.54, 1.807) is 6.92 Å². The van der Waals surface area contributed by atoms with Crippen molar-refractivity contribution >= 4 is 18.0 Å². The second-order valence-electron chi connectivity index (χ2n) is 6.79. The highest BCUT2D eigenvalue weighted by molar-refractivity contribution is 5.84. The van der Waals surface area contributed by atoms with Gasteiger partial charge in [0.2, 0.25) is 0 Å². The topological polar surface area (TPSA) is 82.1 Å². The van der Waals surface area contributed by atoms with E-state index in [-0.39, 0.29) is 32.1 Å². The molecule has 1 saturated heterocycles. The predicted molar refractivity (Wildman–Crippen MR) is 102 cm³/mol. The summed E-state index contributed by atoms with van der Waals surface area (Å²) in [5.41, 5.74) is 1.62. The molecule has 1 aliphatic rings. The molecule has 2 rings (SSSR count). The van der Waals surface area contributed by atoms with Crippen molar-refractivity contribution in [2.45, 2.75) is 32.9 Å². The number of methoxy groups -OCH3 is 1. The normalized spacial score (nSPS) is 21.1. The molecule has 0 aliphatic carbocycles. The number of nitrogens with zero attached hydrogens (tertiary/aromatic N) is 1. The van der Waals surface area contributed by atoms with Gasteiger partial charge in [-0.3, -0.25) is 9.69 Å². The van der Waals surface area contributed by atoms with Crippen molar-refractivity contribution in [3.63, 3.8) is 0 Å². The molecule has 0 N–H and O–H groups in total. The number of likely N-dealkylation sites (tertiary alicyclic amines) is 1. The zero-order valence-electron chi connectivity index (χ0n) is 16.6. The van der Waals surface area contributed by atoms with E-state index in [2.05, 4.69) is 6.58 Å². The Morgan fingerprint density at radius 3 is 2.43 bits per heavy atom. The van der Waals surface area contributed by atoms with Gasteiger partial charge in [-0.2, -0.15) is 0 Å². The fourth-order valence-corrected chi connectivity index (χ4v) is 3.48. The summed E-state index contributed by atoms with van der Waals surface area (Å²) in [6, 6.07) is 8.34. The number of carbonyl (C=O) groups excluding carboxylic acids is 3. The molecule has 0 saturated carbocycles. The van der Waals surface area contributed by atoms with Crippen molar-refractivity contribution in [3.05, 3.63) is 48.0 Å². The smallest absolute Gasteiger partial charge is 0.410 e. The van der Waals surface area contributed by atoms with Crippen LogP contribution in [0.15, 0.2) is 42.5 Å². The summed E-state index contributed by atoms with van der Waals surface area (Å²) >= 11 is 0. The summed E-state index contributed by atoms with van der Waals surface area (Å²) in [6.45, 7) is 7.96. The zero-order chi connectivity index (χ0) is 20.7. The first kappa shape index (κ1) is 21.5. The van der Waals surface area contributed by atoms with Crippen molar-refractivity contribution in [1.29, 1.82) is 0 Å². The monoisotopic (exact) mass is 389 g/mol. The highest BCUT2D eigenvalue weighted by Gasteiger charge is 2.50. The lowest BCUT2D eigenvalue weighted by atomic mass is 9.84. The maximum atomic E-state index is 12.8. The number of rotatable bonds is 7. The van der Waals surface area contributed by atoms with Crippen LogP contribution in [0.3, 0.4) is 0 Å². The van der Waals surface area contributed by atoms with Gasteiger partial charge in [-0.05, 0) is 19.4 Å². The van der Waals surface area contributed by atoms with Crippen molar-refractivity contribution in [2.24, 2.45) is 11.8 Å². The largest absolute Gasteiger partial charge is 0.469 e. The Morgan fingerprint density at radius 1 is 1.18 bits per heavy atom. The Bertz CT molecular complexity index is 717. The molecular weight excluding hydrogens is 362 g/mol. The van der Waals surface area contributed by atoms with Gasteiger partial charge in [-0.15, -0.1) is 0 Å². The van der Waals surface area contributed by atoms with E-state index in [1.807, 2.05) is 37.3 Å². The van der Waals surface area contributed by atoms with E-state index in [9.17, 15) is 14.4 Å². The summed E-state index contributed by atoms with van der Waals surface area (Å²) in [4.78, 5) is 38.6. The van der Waals surface area contributed by atoms with E-state index < -0.39 is 30.0 Å². The summed E-state index contributed by atoms with van der Waals surface area (Å²) in [7, 11) is 1.29. The molecule has 7 heteroatoms. The Balaban J connectivity index is 2.23. The van der Waals surface area contributed by atoms with Crippen LogP contribution in [0.25, 0.3) is 0 Å². The summed E-state index contributed by atoms with van der Waals surface area (Å²) in [5, 5.41) is 0. The van der Waals surface area contributed by atoms with Crippen molar-refractivity contribution in [3.8, 4) is 0 Å². The second kappa shape index (κ2) is 9.92. The van der Waals surface area contributed by atoms with Crippen molar-refractivity contribution in [2.75, 3.05) is 20.3 Å². The first-order valence-corrected chi connectivity index (χ1v) is 9.25. The summed E-state index contributed by atoms with van der Waals surface area (Å²) in [6.07, 6.45) is -0.638. The van der Waals surface area contributed by atoms with Gasteiger partial charge in [0.1, 0.15) is 12.6 Å². The lowest BCUT2D eigenvalue weighted by Crippen LogP contribution is -2.45. The van der Waals surface area contributed by atoms with Crippen LogP contribution in [0.1, 0.15) is 25.8 Å². The number of hydrogen-bond donors (Lipinski definition) is 0. The lowest BCUT2D eigenvalue weighted by molar-refractivity contribution is -0.150. The average molecular weight is 389 g/mol. The molecule has 1 aromatic rings. The Morgan fingerprint density at radius 2 is 1.86 bits per heavy atom. The molecule has 3 atom stereocenters. The molecule has 0 spiro atoms. The van der Waals surface area contributed by atoms with Crippen LogP contribution in [-0.4, -0.2) is 49.2 Å². The van der Waals surface area contributed by atoms with Gasteiger partial charge >= 0.3 is 18.0 Å². The second-order valence-corrected chi connectivity index (χ2v) is 6.79. The predicted octanol–water partition coefficient (Wildman–Crippen LogP) is 2.94. The molecule has 1 aliphatic heterocycles. The Kier molecular flexibility index (Phi) is 7.61. The van der Waals surface area contributed by atoms with Crippen LogP contribution in [0.5, 0.6) is 0 Å². The molecule has 0 unspecified atom stereocenters. The van der Waals surface area contributed by atoms with E-state index in [4.69, 9.17) is 14.2 Å². The highest BCUT2D eigenvalue weighted by Crippen LogP contribution is 2.37. The van der Waals surface area contributed by atoms with Gasteiger partial charge in [0.05, 0.1) is 20.1 Å². The Labute approximate surface area is 165 Å². The highest BCUT2D eigenvalue weighted by atomic mass is 16.6. The fraction of sp³-hybridized carbons (Fsp3) is 0.476. The van der Waals surface area contributed by atoms with Gasteiger partial charge < -0.3 is 14.2 Å². The van der Waals surface area contributed by atoms with Gasteiger partial charge in [-0.1, -0.05) is 42.5 Å². The van der Waals surface area contributed by atoms with Gasteiger partial charge in [0.15, 0.2) is 0 Å². The number of hydrogen-bond acceptors (Lipinski definition) is 6. The fourth-order valence-electron chi connectivity index (χ4n) is 3.48. The van der Waals surface area contributed by atoms with E-state index in [0.717, 1.165) is 11.1 Å². The van der Waals surface area contributed by atoms with Crippen LogP contribution in [0.2, 0.25) is 0 Å². The third-order valence-electron chi connectivity index (χ3n) is 4.88. The Hall–Kier alpha value is -2.83. The van der Waals surface area contributed by atoms with Crippen LogP contribution in [0.4, 0.5) is 4.79 Å². The van der Waals surface area contributed by atoms with E-state index in [1.165, 1.54) is 12.0 Å². The quantitative estimate of drug-likeness (QED) is 0.405. The average Bonchev–Trinajstić information content (AvgIpc) is 3.06. The standard InChI is InChI=1S/C21H27NO6/c1-5-27-20(24)19-16(11-18(23)26-4)17(14(2)3)12-22(19)21(25)28-13-15-9-7-6-8-10-15/h6-10,16-17,19H,2,5,11-13H2,1,3-4H3/t16-,17+,19-/m1/s1. The molecule has 0 bridgehead atoms. The molecule has 1 amide bonds. The number of amides is 1. The molecule has 0 radical (unpaired) electrons. The minimum absolute atomic E-state index is 0.0139. The SMILES string of the molecule is C=C(C)[C@@H]1CN(C(=O)OCc2ccccc2)[C@@H](C(=O)OCC)[C@@H]1CC(=O)OC. The third-order valence-corrected chi connectivity index (χ3v) is 4.88. The van der Waals surface area contributed by atoms with Crippen LogP contribution in [0, 0.1) is 11.8 Å². The van der Waals surface area contributed by atoms with E-state index >= 15 is 0 Å². The van der Waals surface area contributed by atoms with Crippen LogP contribution < -0.4 is 0 Å². The number of ether oxygens (including phenoxy) is 3.